The van der Waals surface area contributed by atoms with Crippen molar-refractivity contribution >= 4 is 22.4 Å². The van der Waals surface area contributed by atoms with Crippen LogP contribution in [0.4, 0.5) is 5.13 Å². The molecule has 0 saturated carbocycles. The average molecular weight is 256 g/mol. The predicted molar refractivity (Wildman–Crippen MR) is 70.8 cm³/mol. The molecule has 0 radical (unpaired) electrons. The zero-order valence-electron chi connectivity index (χ0n) is 11.3. The highest BCUT2D eigenvalue weighted by atomic mass is 32.1. The minimum atomic E-state index is -0.328. The Labute approximate surface area is 107 Å². The van der Waals surface area contributed by atoms with Gasteiger partial charge >= 0.3 is 5.97 Å². The van der Waals surface area contributed by atoms with Gasteiger partial charge in [0.15, 0.2) is 5.13 Å². The van der Waals surface area contributed by atoms with Crippen molar-refractivity contribution in [3.8, 4) is 0 Å². The van der Waals surface area contributed by atoms with Gasteiger partial charge in [0.05, 0.1) is 13.3 Å². The number of carbonyl (C=O) groups is 1. The predicted octanol–water partition coefficient (Wildman–Crippen LogP) is 2.80. The Bertz CT molecular complexity index is 395. The van der Waals surface area contributed by atoms with Crippen molar-refractivity contribution < 1.29 is 9.53 Å². The Kier molecular flexibility index (Phi) is 4.14. The molecular formula is C12H20N2O2S. The third-order valence-electron chi connectivity index (χ3n) is 3.02. The number of methoxy groups -OCH3 is 1. The normalized spacial score (nSPS) is 13.3. The molecule has 1 aromatic rings. The van der Waals surface area contributed by atoms with E-state index in [-0.39, 0.29) is 11.4 Å². The van der Waals surface area contributed by atoms with Gasteiger partial charge in [-0.15, -0.1) is 0 Å². The first-order chi connectivity index (χ1) is 7.77. The van der Waals surface area contributed by atoms with Gasteiger partial charge in [0.1, 0.15) is 4.88 Å². The van der Waals surface area contributed by atoms with E-state index in [9.17, 15) is 4.79 Å². The van der Waals surface area contributed by atoms with E-state index in [1.807, 2.05) is 7.05 Å². The van der Waals surface area contributed by atoms with Gasteiger partial charge in [-0.05, 0) is 12.3 Å². The standard InChI is InChI=1S/C12H20N2O2S/c1-8(12(2,3)4)14(5)11-13-7-9(17-11)10(15)16-6/h7-8H,1-6H3. The van der Waals surface area contributed by atoms with Gasteiger partial charge in [-0.2, -0.15) is 0 Å². The van der Waals surface area contributed by atoms with Crippen LogP contribution in [-0.4, -0.2) is 31.2 Å². The molecule has 0 N–H and O–H groups in total. The summed E-state index contributed by atoms with van der Waals surface area (Å²) in [4.78, 5) is 18.2. The van der Waals surface area contributed by atoms with Crippen molar-refractivity contribution in [1.82, 2.24) is 4.98 Å². The summed E-state index contributed by atoms with van der Waals surface area (Å²) in [5.41, 5.74) is 0.159. The van der Waals surface area contributed by atoms with E-state index in [4.69, 9.17) is 0 Å². The van der Waals surface area contributed by atoms with Gasteiger partial charge in [-0.3, -0.25) is 0 Å². The fraction of sp³-hybridized carbons (Fsp3) is 0.667. The minimum absolute atomic E-state index is 0.159. The first-order valence-electron chi connectivity index (χ1n) is 5.54. The van der Waals surface area contributed by atoms with Crippen molar-refractivity contribution in [1.29, 1.82) is 0 Å². The Balaban J connectivity index is 2.87. The molecule has 0 amide bonds. The molecule has 4 nitrogen and oxygen atoms in total. The van der Waals surface area contributed by atoms with E-state index in [0.717, 1.165) is 5.13 Å². The molecule has 17 heavy (non-hydrogen) atoms. The summed E-state index contributed by atoms with van der Waals surface area (Å²) in [5, 5.41) is 0.841. The van der Waals surface area contributed by atoms with Crippen LogP contribution in [0, 0.1) is 5.41 Å². The minimum Gasteiger partial charge on any atom is -0.465 e. The third kappa shape index (κ3) is 3.19. The molecule has 0 aliphatic carbocycles. The summed E-state index contributed by atoms with van der Waals surface area (Å²) in [6.07, 6.45) is 1.57. The van der Waals surface area contributed by atoms with E-state index < -0.39 is 0 Å². The smallest absolute Gasteiger partial charge is 0.349 e. The van der Waals surface area contributed by atoms with Crippen molar-refractivity contribution in [2.24, 2.45) is 5.41 Å². The number of hydrogen-bond acceptors (Lipinski definition) is 5. The van der Waals surface area contributed by atoms with Gasteiger partial charge in [0.2, 0.25) is 0 Å². The lowest BCUT2D eigenvalue weighted by Gasteiger charge is -2.35. The van der Waals surface area contributed by atoms with Crippen molar-refractivity contribution in [3.05, 3.63) is 11.1 Å². The lowest BCUT2D eigenvalue weighted by atomic mass is 9.87. The molecule has 0 saturated heterocycles. The zero-order chi connectivity index (χ0) is 13.2. The molecule has 0 spiro atoms. The molecule has 1 aromatic heterocycles. The molecule has 96 valence electrons. The van der Waals surface area contributed by atoms with Crippen molar-refractivity contribution in [3.63, 3.8) is 0 Å². The number of hydrogen-bond donors (Lipinski definition) is 0. The molecule has 1 rings (SSSR count). The molecule has 0 aromatic carbocycles. The van der Waals surface area contributed by atoms with Crippen LogP contribution in [0.5, 0.6) is 0 Å². The summed E-state index contributed by atoms with van der Waals surface area (Å²) in [7, 11) is 3.37. The van der Waals surface area contributed by atoms with Gasteiger partial charge in [-0.1, -0.05) is 32.1 Å². The van der Waals surface area contributed by atoms with Crippen molar-refractivity contribution in [2.45, 2.75) is 33.7 Å². The Morgan fingerprint density at radius 1 is 1.53 bits per heavy atom. The number of esters is 1. The summed E-state index contributed by atoms with van der Waals surface area (Å²) in [5.74, 6) is -0.328. The summed E-state index contributed by atoms with van der Waals surface area (Å²) in [6.45, 7) is 8.70. The number of ether oxygens (including phenoxy) is 1. The quantitative estimate of drug-likeness (QED) is 0.780. The molecule has 5 heteroatoms. The van der Waals surface area contributed by atoms with Crippen LogP contribution in [0.15, 0.2) is 6.20 Å². The maximum absolute atomic E-state index is 11.3. The molecule has 0 bridgehead atoms. The number of nitrogens with zero attached hydrogens (tertiary/aromatic N) is 2. The lowest BCUT2D eigenvalue weighted by molar-refractivity contribution is 0.0606. The summed E-state index contributed by atoms with van der Waals surface area (Å²) < 4.78 is 4.67. The van der Waals surface area contributed by atoms with E-state index in [2.05, 4.69) is 42.3 Å². The van der Waals surface area contributed by atoms with Crippen LogP contribution in [0.2, 0.25) is 0 Å². The van der Waals surface area contributed by atoms with Crippen LogP contribution in [0.3, 0.4) is 0 Å². The Morgan fingerprint density at radius 2 is 2.12 bits per heavy atom. The van der Waals surface area contributed by atoms with E-state index in [0.29, 0.717) is 10.9 Å². The molecule has 0 aliphatic heterocycles. The number of thiazole rings is 1. The fourth-order valence-corrected chi connectivity index (χ4v) is 2.25. The highest BCUT2D eigenvalue weighted by Gasteiger charge is 2.26. The first kappa shape index (κ1) is 14.0. The summed E-state index contributed by atoms with van der Waals surface area (Å²) >= 11 is 1.36. The van der Waals surface area contributed by atoms with E-state index in [1.54, 1.807) is 6.20 Å². The topological polar surface area (TPSA) is 42.4 Å². The van der Waals surface area contributed by atoms with Crippen molar-refractivity contribution in [2.75, 3.05) is 19.1 Å². The average Bonchev–Trinajstić information content (AvgIpc) is 2.73. The number of anilines is 1. The highest BCUT2D eigenvalue weighted by Crippen LogP contribution is 2.30. The molecule has 0 fully saturated rings. The van der Waals surface area contributed by atoms with Gasteiger partial charge in [0.25, 0.3) is 0 Å². The molecular weight excluding hydrogens is 236 g/mol. The second kappa shape index (κ2) is 5.04. The van der Waals surface area contributed by atoms with Gasteiger partial charge in [0, 0.05) is 13.1 Å². The maximum Gasteiger partial charge on any atom is 0.349 e. The SMILES string of the molecule is COC(=O)c1cnc(N(C)C(C)C(C)(C)C)s1. The maximum atomic E-state index is 11.3. The second-order valence-electron chi connectivity index (χ2n) is 5.15. The van der Waals surface area contributed by atoms with E-state index >= 15 is 0 Å². The van der Waals surface area contributed by atoms with E-state index in [1.165, 1.54) is 18.4 Å². The summed E-state index contributed by atoms with van der Waals surface area (Å²) in [6, 6.07) is 0.333. The number of carbonyl (C=O) groups excluding carboxylic acids is 1. The lowest BCUT2D eigenvalue weighted by Crippen LogP contribution is -2.39. The van der Waals surface area contributed by atoms with Crippen LogP contribution < -0.4 is 4.90 Å². The number of rotatable bonds is 3. The molecule has 1 heterocycles. The first-order valence-corrected chi connectivity index (χ1v) is 6.36. The number of aromatic nitrogens is 1. The molecule has 1 unspecified atom stereocenters. The zero-order valence-corrected chi connectivity index (χ0v) is 12.1. The monoisotopic (exact) mass is 256 g/mol. The Hall–Kier alpha value is -1.10. The van der Waals surface area contributed by atoms with Gasteiger partial charge < -0.3 is 9.64 Å². The third-order valence-corrected chi connectivity index (χ3v) is 4.08. The highest BCUT2D eigenvalue weighted by molar-refractivity contribution is 7.17. The van der Waals surface area contributed by atoms with Crippen LogP contribution >= 0.6 is 11.3 Å². The molecule has 1 atom stereocenters. The van der Waals surface area contributed by atoms with Crippen LogP contribution in [0.25, 0.3) is 0 Å². The largest absolute Gasteiger partial charge is 0.465 e. The van der Waals surface area contributed by atoms with Crippen LogP contribution in [0.1, 0.15) is 37.4 Å². The van der Waals surface area contributed by atoms with Gasteiger partial charge in [-0.25, -0.2) is 9.78 Å². The van der Waals surface area contributed by atoms with Crippen LogP contribution in [-0.2, 0) is 4.74 Å². The molecule has 0 aliphatic rings. The second-order valence-corrected chi connectivity index (χ2v) is 6.16. The Morgan fingerprint density at radius 3 is 2.59 bits per heavy atom. The fourth-order valence-electron chi connectivity index (χ4n) is 1.37.